The Morgan fingerprint density at radius 2 is 2.16 bits per heavy atom. The lowest BCUT2D eigenvalue weighted by molar-refractivity contribution is 0.102. The number of amides is 1. The van der Waals surface area contributed by atoms with Crippen LogP contribution in [0.2, 0.25) is 0 Å². The molecule has 1 N–H and O–H groups in total. The third kappa shape index (κ3) is 3.14. The molecule has 2 aromatic rings. The van der Waals surface area contributed by atoms with Gasteiger partial charge in [0.1, 0.15) is 17.7 Å². The summed E-state index contributed by atoms with van der Waals surface area (Å²) in [5.74, 6) is -0.964. The van der Waals surface area contributed by atoms with E-state index in [2.05, 4.69) is 26.2 Å². The minimum absolute atomic E-state index is 0.0747. The number of pyridine rings is 1. The summed E-state index contributed by atoms with van der Waals surface area (Å²) in [6, 6.07) is 9.06. The van der Waals surface area contributed by atoms with Crippen molar-refractivity contribution in [2.24, 2.45) is 0 Å². The zero-order valence-corrected chi connectivity index (χ0v) is 11.1. The molecule has 0 saturated carbocycles. The summed E-state index contributed by atoms with van der Waals surface area (Å²) in [5, 5.41) is 11.1. The monoisotopic (exact) mass is 319 g/mol. The van der Waals surface area contributed by atoms with Crippen LogP contribution < -0.4 is 5.32 Å². The van der Waals surface area contributed by atoms with Gasteiger partial charge in [-0.15, -0.1) is 0 Å². The highest BCUT2D eigenvalue weighted by molar-refractivity contribution is 9.10. The number of hydrogen-bond acceptors (Lipinski definition) is 3. The molecule has 0 aliphatic rings. The van der Waals surface area contributed by atoms with E-state index < -0.39 is 11.7 Å². The number of hydrogen-bond donors (Lipinski definition) is 1. The third-order valence-corrected chi connectivity index (χ3v) is 2.80. The highest BCUT2D eigenvalue weighted by atomic mass is 79.9. The Morgan fingerprint density at radius 1 is 1.37 bits per heavy atom. The lowest BCUT2D eigenvalue weighted by atomic mass is 10.2. The van der Waals surface area contributed by atoms with Gasteiger partial charge in [-0.1, -0.05) is 15.9 Å². The standard InChI is InChI=1S/C13H7BrFN3O/c14-9-2-3-10(11(15)5-9)13(19)18-12-4-1-8(6-16)7-17-12/h1-5,7H,(H,17,18,19). The van der Waals surface area contributed by atoms with Gasteiger partial charge in [0, 0.05) is 10.7 Å². The Bertz CT molecular complexity index is 665. The van der Waals surface area contributed by atoms with Crippen LogP contribution in [-0.4, -0.2) is 10.9 Å². The average molecular weight is 320 g/mol. The second-order valence-corrected chi connectivity index (χ2v) is 4.54. The molecule has 1 heterocycles. The molecule has 6 heteroatoms. The molecule has 0 fully saturated rings. The predicted octanol–water partition coefficient (Wildman–Crippen LogP) is 3.11. The van der Waals surface area contributed by atoms with Crippen LogP contribution in [0.15, 0.2) is 41.0 Å². The maximum Gasteiger partial charge on any atom is 0.259 e. The minimum atomic E-state index is -0.625. The maximum absolute atomic E-state index is 13.6. The zero-order valence-electron chi connectivity index (χ0n) is 9.52. The zero-order chi connectivity index (χ0) is 13.8. The van der Waals surface area contributed by atoms with E-state index in [0.717, 1.165) is 0 Å². The molecule has 0 bridgehead atoms. The molecule has 2 rings (SSSR count). The first-order chi connectivity index (χ1) is 9.10. The number of carbonyl (C=O) groups excluding carboxylic acids is 1. The minimum Gasteiger partial charge on any atom is -0.306 e. The Morgan fingerprint density at radius 3 is 2.74 bits per heavy atom. The number of anilines is 1. The van der Waals surface area contributed by atoms with Gasteiger partial charge >= 0.3 is 0 Å². The van der Waals surface area contributed by atoms with Gasteiger partial charge in [-0.2, -0.15) is 5.26 Å². The molecule has 1 aromatic heterocycles. The maximum atomic E-state index is 13.6. The second kappa shape index (κ2) is 5.59. The quantitative estimate of drug-likeness (QED) is 0.924. The summed E-state index contributed by atoms with van der Waals surface area (Å²) in [7, 11) is 0. The van der Waals surface area contributed by atoms with Gasteiger partial charge in [-0.25, -0.2) is 9.37 Å². The van der Waals surface area contributed by atoms with Gasteiger partial charge in [-0.05, 0) is 30.3 Å². The van der Waals surface area contributed by atoms with Crippen molar-refractivity contribution in [2.45, 2.75) is 0 Å². The fourth-order valence-corrected chi connectivity index (χ4v) is 1.72. The van der Waals surface area contributed by atoms with E-state index in [9.17, 15) is 9.18 Å². The van der Waals surface area contributed by atoms with Crippen molar-refractivity contribution < 1.29 is 9.18 Å². The molecule has 0 atom stereocenters. The number of carbonyl (C=O) groups is 1. The summed E-state index contributed by atoms with van der Waals surface area (Å²) in [6.45, 7) is 0. The molecule has 1 aromatic carbocycles. The number of nitriles is 1. The molecule has 0 unspecified atom stereocenters. The number of rotatable bonds is 2. The fraction of sp³-hybridized carbons (Fsp3) is 0. The van der Waals surface area contributed by atoms with Gasteiger partial charge in [-0.3, -0.25) is 4.79 Å². The lowest BCUT2D eigenvalue weighted by Gasteiger charge is -2.05. The summed E-state index contributed by atoms with van der Waals surface area (Å²) in [5.41, 5.74) is 0.308. The van der Waals surface area contributed by atoms with E-state index in [1.54, 1.807) is 6.07 Å². The molecule has 1 amide bonds. The van der Waals surface area contributed by atoms with E-state index >= 15 is 0 Å². The number of halogens is 2. The van der Waals surface area contributed by atoms with Gasteiger partial charge in [0.05, 0.1) is 11.1 Å². The predicted molar refractivity (Wildman–Crippen MR) is 71.0 cm³/mol. The Balaban J connectivity index is 2.18. The number of nitrogens with one attached hydrogen (secondary N) is 1. The first-order valence-corrected chi connectivity index (χ1v) is 6.02. The van der Waals surface area contributed by atoms with E-state index in [-0.39, 0.29) is 11.4 Å². The Labute approximate surface area is 117 Å². The highest BCUT2D eigenvalue weighted by Crippen LogP contribution is 2.16. The van der Waals surface area contributed by atoms with Gasteiger partial charge in [0.2, 0.25) is 0 Å². The second-order valence-electron chi connectivity index (χ2n) is 3.62. The average Bonchev–Trinajstić information content (AvgIpc) is 2.39. The largest absolute Gasteiger partial charge is 0.306 e. The van der Waals surface area contributed by atoms with Gasteiger partial charge in [0.15, 0.2) is 0 Å². The number of aromatic nitrogens is 1. The van der Waals surface area contributed by atoms with Crippen molar-refractivity contribution in [1.29, 1.82) is 5.26 Å². The van der Waals surface area contributed by atoms with Crippen LogP contribution in [0.3, 0.4) is 0 Å². The molecule has 0 aliphatic carbocycles. The van der Waals surface area contributed by atoms with Crippen molar-refractivity contribution in [1.82, 2.24) is 4.98 Å². The van der Waals surface area contributed by atoms with Crippen LogP contribution in [0, 0.1) is 17.1 Å². The SMILES string of the molecule is N#Cc1ccc(NC(=O)c2ccc(Br)cc2F)nc1. The highest BCUT2D eigenvalue weighted by Gasteiger charge is 2.12. The van der Waals surface area contributed by atoms with E-state index in [1.165, 1.54) is 30.5 Å². The molecule has 0 aliphatic heterocycles. The van der Waals surface area contributed by atoms with Crippen LogP contribution in [0.4, 0.5) is 10.2 Å². The smallest absolute Gasteiger partial charge is 0.259 e. The number of benzene rings is 1. The Hall–Kier alpha value is -2.26. The number of nitrogens with zero attached hydrogens (tertiary/aromatic N) is 2. The molecule has 0 radical (unpaired) electrons. The molecular formula is C13H7BrFN3O. The first kappa shape index (κ1) is 13.2. The first-order valence-electron chi connectivity index (χ1n) is 5.22. The van der Waals surface area contributed by atoms with Gasteiger partial charge in [0.25, 0.3) is 5.91 Å². The molecule has 94 valence electrons. The molecular weight excluding hydrogens is 313 g/mol. The molecule has 4 nitrogen and oxygen atoms in total. The third-order valence-electron chi connectivity index (χ3n) is 2.31. The summed E-state index contributed by atoms with van der Waals surface area (Å²) in [6.07, 6.45) is 1.33. The summed E-state index contributed by atoms with van der Waals surface area (Å²) >= 11 is 3.11. The van der Waals surface area contributed by atoms with Crippen molar-refractivity contribution in [3.05, 3.63) is 57.9 Å². The van der Waals surface area contributed by atoms with Crippen molar-refractivity contribution in [3.63, 3.8) is 0 Å². The Kier molecular flexibility index (Phi) is 3.88. The summed E-state index contributed by atoms with van der Waals surface area (Å²) in [4.78, 5) is 15.7. The molecule has 19 heavy (non-hydrogen) atoms. The fourth-order valence-electron chi connectivity index (χ4n) is 1.39. The van der Waals surface area contributed by atoms with Crippen LogP contribution in [0.5, 0.6) is 0 Å². The topological polar surface area (TPSA) is 65.8 Å². The molecule has 0 saturated heterocycles. The normalized spacial score (nSPS) is 9.74. The van der Waals surface area contributed by atoms with Crippen LogP contribution in [-0.2, 0) is 0 Å². The van der Waals surface area contributed by atoms with Crippen molar-refractivity contribution in [2.75, 3.05) is 5.32 Å². The van der Waals surface area contributed by atoms with Gasteiger partial charge < -0.3 is 5.32 Å². The lowest BCUT2D eigenvalue weighted by Crippen LogP contribution is -2.14. The van der Waals surface area contributed by atoms with E-state index in [0.29, 0.717) is 10.0 Å². The summed E-state index contributed by atoms with van der Waals surface area (Å²) < 4.78 is 14.1. The molecule has 0 spiro atoms. The van der Waals surface area contributed by atoms with Crippen LogP contribution in [0.25, 0.3) is 0 Å². The van der Waals surface area contributed by atoms with E-state index in [4.69, 9.17) is 5.26 Å². The van der Waals surface area contributed by atoms with Crippen LogP contribution >= 0.6 is 15.9 Å². The van der Waals surface area contributed by atoms with Crippen molar-refractivity contribution >= 4 is 27.7 Å². The van der Waals surface area contributed by atoms with Crippen molar-refractivity contribution in [3.8, 4) is 6.07 Å². The van der Waals surface area contributed by atoms with E-state index in [1.807, 2.05) is 6.07 Å². The van der Waals surface area contributed by atoms with Crippen LogP contribution in [0.1, 0.15) is 15.9 Å².